The van der Waals surface area contributed by atoms with E-state index in [0.717, 1.165) is 15.7 Å². The Morgan fingerprint density at radius 1 is 0.968 bits per heavy atom. The molecule has 7 heteroatoms. The number of piperidine rings is 1. The number of amides is 3. The van der Waals surface area contributed by atoms with E-state index in [4.69, 9.17) is 0 Å². The minimum atomic E-state index is -0.653. The molecule has 1 N–H and O–H groups in total. The van der Waals surface area contributed by atoms with Crippen LogP contribution in [0.3, 0.4) is 0 Å². The Morgan fingerprint density at radius 2 is 1.65 bits per heavy atom. The normalized spacial score (nSPS) is 19.5. The highest BCUT2D eigenvalue weighted by Crippen LogP contribution is 2.31. The maximum absolute atomic E-state index is 12.9. The summed E-state index contributed by atoms with van der Waals surface area (Å²) in [4.78, 5) is 41.8. The first-order valence-electron chi connectivity index (χ1n) is 10.7. The molecule has 1 unspecified atom stereocenters. The summed E-state index contributed by atoms with van der Waals surface area (Å²) in [5, 5.41) is 3.05. The molecule has 4 rings (SSSR count). The standard InChI is InChI=1S/C24H26BrN3O3/c1-16-6-8-17(9-7-16)23(30)27-13-10-18(11-14-27)26-22(29)19-12-15-28(24(19)31)21-5-3-2-4-20(21)25/h2-9,18-19H,10-15H2,1H3,(H,26,29). The quantitative estimate of drug-likeness (QED) is 0.676. The maximum atomic E-state index is 12.9. The van der Waals surface area contributed by atoms with Crippen molar-refractivity contribution < 1.29 is 14.4 Å². The van der Waals surface area contributed by atoms with Gasteiger partial charge in [-0.3, -0.25) is 14.4 Å². The smallest absolute Gasteiger partial charge is 0.253 e. The van der Waals surface area contributed by atoms with Gasteiger partial charge in [-0.15, -0.1) is 0 Å². The molecule has 2 aromatic rings. The van der Waals surface area contributed by atoms with Crippen molar-refractivity contribution in [1.29, 1.82) is 0 Å². The van der Waals surface area contributed by atoms with E-state index in [1.807, 2.05) is 60.4 Å². The van der Waals surface area contributed by atoms with Crippen LogP contribution in [0.2, 0.25) is 0 Å². The van der Waals surface area contributed by atoms with Crippen molar-refractivity contribution in [2.45, 2.75) is 32.2 Å². The van der Waals surface area contributed by atoms with E-state index in [2.05, 4.69) is 21.2 Å². The van der Waals surface area contributed by atoms with Gasteiger partial charge in [-0.1, -0.05) is 29.8 Å². The Kier molecular flexibility index (Phi) is 6.41. The topological polar surface area (TPSA) is 69.7 Å². The van der Waals surface area contributed by atoms with Crippen LogP contribution in [0.15, 0.2) is 53.0 Å². The number of nitrogens with one attached hydrogen (secondary N) is 1. The van der Waals surface area contributed by atoms with Crippen molar-refractivity contribution in [1.82, 2.24) is 10.2 Å². The zero-order chi connectivity index (χ0) is 22.0. The molecule has 0 aliphatic carbocycles. The largest absolute Gasteiger partial charge is 0.353 e. The third kappa shape index (κ3) is 4.66. The van der Waals surface area contributed by atoms with Crippen LogP contribution in [0.4, 0.5) is 5.69 Å². The number of rotatable bonds is 4. The molecule has 6 nitrogen and oxygen atoms in total. The van der Waals surface area contributed by atoms with Crippen molar-refractivity contribution in [3.63, 3.8) is 0 Å². The van der Waals surface area contributed by atoms with Gasteiger partial charge in [-0.25, -0.2) is 0 Å². The molecule has 2 fully saturated rings. The van der Waals surface area contributed by atoms with Crippen LogP contribution in [0.5, 0.6) is 0 Å². The number of likely N-dealkylation sites (tertiary alicyclic amines) is 1. The van der Waals surface area contributed by atoms with Crippen molar-refractivity contribution in [3.8, 4) is 0 Å². The van der Waals surface area contributed by atoms with Gasteiger partial charge in [0.1, 0.15) is 5.92 Å². The molecule has 0 spiro atoms. The molecule has 0 radical (unpaired) electrons. The molecule has 0 bridgehead atoms. The molecule has 1 atom stereocenters. The molecule has 2 heterocycles. The average Bonchev–Trinajstić information content (AvgIpc) is 3.16. The molecule has 31 heavy (non-hydrogen) atoms. The monoisotopic (exact) mass is 483 g/mol. The number of halogens is 1. The van der Waals surface area contributed by atoms with E-state index in [1.54, 1.807) is 4.90 Å². The van der Waals surface area contributed by atoms with Gasteiger partial charge in [0, 0.05) is 35.7 Å². The minimum absolute atomic E-state index is 0.0140. The summed E-state index contributed by atoms with van der Waals surface area (Å²) in [5.74, 6) is -0.988. The summed E-state index contributed by atoms with van der Waals surface area (Å²) in [6.45, 7) is 3.72. The Morgan fingerprint density at radius 3 is 2.32 bits per heavy atom. The third-order valence-electron chi connectivity index (χ3n) is 6.09. The van der Waals surface area contributed by atoms with Gasteiger partial charge in [0.2, 0.25) is 11.8 Å². The van der Waals surface area contributed by atoms with Gasteiger partial charge in [0.05, 0.1) is 5.69 Å². The maximum Gasteiger partial charge on any atom is 0.253 e. The second kappa shape index (κ2) is 9.22. The van der Waals surface area contributed by atoms with Crippen molar-refractivity contribution in [2.24, 2.45) is 5.92 Å². The van der Waals surface area contributed by atoms with E-state index in [-0.39, 0.29) is 23.8 Å². The molecular formula is C24H26BrN3O3. The predicted octanol–water partition coefficient (Wildman–Crippen LogP) is 3.53. The lowest BCUT2D eigenvalue weighted by molar-refractivity contribution is -0.132. The van der Waals surface area contributed by atoms with E-state index in [1.165, 1.54) is 0 Å². The van der Waals surface area contributed by atoms with Crippen LogP contribution >= 0.6 is 15.9 Å². The fourth-order valence-corrected chi connectivity index (χ4v) is 4.74. The lowest BCUT2D eigenvalue weighted by atomic mass is 10.0. The van der Waals surface area contributed by atoms with Crippen LogP contribution in [-0.2, 0) is 9.59 Å². The van der Waals surface area contributed by atoms with Crippen LogP contribution in [0, 0.1) is 12.8 Å². The Bertz CT molecular complexity index is 984. The Hall–Kier alpha value is -2.67. The van der Waals surface area contributed by atoms with Crippen LogP contribution in [0.25, 0.3) is 0 Å². The summed E-state index contributed by atoms with van der Waals surface area (Å²) in [5.41, 5.74) is 2.61. The Balaban J connectivity index is 1.30. The number of nitrogens with zero attached hydrogens (tertiary/aromatic N) is 2. The molecule has 2 aliphatic rings. The van der Waals surface area contributed by atoms with Crippen LogP contribution < -0.4 is 10.2 Å². The van der Waals surface area contributed by atoms with E-state index in [9.17, 15) is 14.4 Å². The molecule has 2 saturated heterocycles. The van der Waals surface area contributed by atoms with Crippen LogP contribution in [-0.4, -0.2) is 48.3 Å². The number of benzene rings is 2. The molecule has 2 aromatic carbocycles. The first-order valence-corrected chi connectivity index (χ1v) is 11.5. The summed E-state index contributed by atoms with van der Waals surface area (Å²) in [7, 11) is 0. The molecule has 3 amide bonds. The second-order valence-electron chi connectivity index (χ2n) is 8.22. The number of para-hydroxylation sites is 1. The van der Waals surface area contributed by atoms with E-state index in [0.29, 0.717) is 44.5 Å². The summed E-state index contributed by atoms with van der Waals surface area (Å²) in [6.07, 6.45) is 1.90. The summed E-state index contributed by atoms with van der Waals surface area (Å²) in [6, 6.07) is 15.1. The Labute approximate surface area is 190 Å². The third-order valence-corrected chi connectivity index (χ3v) is 6.76. The van der Waals surface area contributed by atoms with Gasteiger partial charge in [-0.05, 0) is 66.4 Å². The molecule has 162 valence electrons. The predicted molar refractivity (Wildman–Crippen MR) is 123 cm³/mol. The summed E-state index contributed by atoms with van der Waals surface area (Å²) >= 11 is 3.48. The minimum Gasteiger partial charge on any atom is -0.353 e. The lowest BCUT2D eigenvalue weighted by Gasteiger charge is -2.33. The SMILES string of the molecule is Cc1ccc(C(=O)N2CCC(NC(=O)C3CCN(c4ccccc4Br)C3=O)CC2)cc1. The van der Waals surface area contributed by atoms with Crippen molar-refractivity contribution in [2.75, 3.05) is 24.5 Å². The zero-order valence-electron chi connectivity index (χ0n) is 17.5. The molecule has 0 aromatic heterocycles. The highest BCUT2D eigenvalue weighted by molar-refractivity contribution is 9.10. The van der Waals surface area contributed by atoms with Gasteiger partial charge < -0.3 is 15.1 Å². The van der Waals surface area contributed by atoms with Gasteiger partial charge in [-0.2, -0.15) is 0 Å². The van der Waals surface area contributed by atoms with Crippen molar-refractivity contribution in [3.05, 3.63) is 64.1 Å². The van der Waals surface area contributed by atoms with Crippen LogP contribution in [0.1, 0.15) is 35.2 Å². The van der Waals surface area contributed by atoms with Gasteiger partial charge >= 0.3 is 0 Å². The number of carbonyl (C=O) groups is 3. The summed E-state index contributed by atoms with van der Waals surface area (Å²) < 4.78 is 0.843. The molecular weight excluding hydrogens is 458 g/mol. The number of carbonyl (C=O) groups excluding carboxylic acids is 3. The lowest BCUT2D eigenvalue weighted by Crippen LogP contribution is -2.48. The van der Waals surface area contributed by atoms with Crippen molar-refractivity contribution >= 4 is 39.3 Å². The highest BCUT2D eigenvalue weighted by atomic mass is 79.9. The van der Waals surface area contributed by atoms with Gasteiger partial charge in [0.15, 0.2) is 0 Å². The second-order valence-corrected chi connectivity index (χ2v) is 9.08. The zero-order valence-corrected chi connectivity index (χ0v) is 19.1. The average molecular weight is 484 g/mol. The number of aryl methyl sites for hydroxylation is 1. The first kappa shape index (κ1) is 21.6. The number of hydrogen-bond acceptors (Lipinski definition) is 3. The van der Waals surface area contributed by atoms with E-state index >= 15 is 0 Å². The number of anilines is 1. The molecule has 0 saturated carbocycles. The fraction of sp³-hybridized carbons (Fsp3) is 0.375. The fourth-order valence-electron chi connectivity index (χ4n) is 4.24. The first-order chi connectivity index (χ1) is 14.9. The molecule has 2 aliphatic heterocycles. The van der Waals surface area contributed by atoms with E-state index < -0.39 is 5.92 Å². The van der Waals surface area contributed by atoms with Gasteiger partial charge in [0.25, 0.3) is 5.91 Å². The highest BCUT2D eigenvalue weighted by Gasteiger charge is 2.39. The number of hydrogen-bond donors (Lipinski definition) is 1.